The van der Waals surface area contributed by atoms with Crippen molar-refractivity contribution < 1.29 is 14.3 Å². The summed E-state index contributed by atoms with van der Waals surface area (Å²) in [4.78, 5) is 13.9. The third-order valence-electron chi connectivity index (χ3n) is 4.54. The van der Waals surface area contributed by atoms with E-state index in [4.69, 9.17) is 21.1 Å². The predicted octanol–water partition coefficient (Wildman–Crippen LogP) is 5.60. The zero-order chi connectivity index (χ0) is 18.8. The standard InChI is InChI=1S/C21H18ClNO3S/c1-23(21(24)25-12-14-5-3-2-4-6-14)19-10-16-9-17(22)11-18(20(16)26-19)15-7-8-27-13-15/h2-9,11,13,19H,10,12H2,1H3. The highest BCUT2D eigenvalue weighted by molar-refractivity contribution is 7.08. The molecule has 2 aromatic carbocycles. The van der Waals surface area contributed by atoms with Crippen LogP contribution in [0.4, 0.5) is 4.79 Å². The van der Waals surface area contributed by atoms with Gasteiger partial charge in [-0.3, -0.25) is 4.90 Å². The molecule has 0 radical (unpaired) electrons. The van der Waals surface area contributed by atoms with Gasteiger partial charge in [-0.1, -0.05) is 41.9 Å². The molecule has 1 aromatic heterocycles. The lowest BCUT2D eigenvalue weighted by Crippen LogP contribution is -2.40. The van der Waals surface area contributed by atoms with E-state index < -0.39 is 12.3 Å². The quantitative estimate of drug-likeness (QED) is 0.573. The smallest absolute Gasteiger partial charge is 0.412 e. The van der Waals surface area contributed by atoms with E-state index in [0.29, 0.717) is 11.4 Å². The molecule has 3 aromatic rings. The van der Waals surface area contributed by atoms with E-state index in [1.807, 2.05) is 53.9 Å². The number of thiophene rings is 1. The maximum atomic E-state index is 12.4. The van der Waals surface area contributed by atoms with Crippen molar-refractivity contribution >= 4 is 29.0 Å². The highest BCUT2D eigenvalue weighted by atomic mass is 35.5. The molecule has 2 heterocycles. The molecular weight excluding hydrogens is 382 g/mol. The van der Waals surface area contributed by atoms with Crippen LogP contribution in [0, 0.1) is 0 Å². The van der Waals surface area contributed by atoms with Crippen LogP contribution in [-0.2, 0) is 17.8 Å². The van der Waals surface area contributed by atoms with Crippen LogP contribution in [0.1, 0.15) is 11.1 Å². The van der Waals surface area contributed by atoms with Crippen LogP contribution in [-0.4, -0.2) is 24.3 Å². The molecule has 0 bridgehead atoms. The van der Waals surface area contributed by atoms with Crippen molar-refractivity contribution in [3.05, 3.63) is 75.4 Å². The van der Waals surface area contributed by atoms with E-state index in [1.165, 1.54) is 4.90 Å². The second-order valence-electron chi connectivity index (χ2n) is 6.38. The number of rotatable bonds is 4. The molecule has 0 spiro atoms. The fourth-order valence-corrected chi connectivity index (χ4v) is 3.99. The number of halogens is 1. The number of carbonyl (C=O) groups excluding carboxylic acids is 1. The number of nitrogens with zero attached hydrogens (tertiary/aromatic N) is 1. The van der Waals surface area contributed by atoms with Crippen molar-refractivity contribution in [3.8, 4) is 16.9 Å². The third-order valence-corrected chi connectivity index (χ3v) is 5.44. The summed E-state index contributed by atoms with van der Waals surface area (Å²) in [6, 6.07) is 15.4. The molecule has 1 aliphatic heterocycles. The number of carbonyl (C=O) groups is 1. The fourth-order valence-electron chi connectivity index (χ4n) is 3.09. The first-order valence-corrected chi connectivity index (χ1v) is 9.89. The van der Waals surface area contributed by atoms with E-state index in [-0.39, 0.29) is 6.61 Å². The first-order valence-electron chi connectivity index (χ1n) is 8.57. The van der Waals surface area contributed by atoms with Crippen LogP contribution in [0.15, 0.2) is 59.3 Å². The molecule has 138 valence electrons. The lowest BCUT2D eigenvalue weighted by atomic mass is 10.0. The van der Waals surface area contributed by atoms with Gasteiger partial charge in [0.1, 0.15) is 12.4 Å². The average molecular weight is 400 g/mol. The van der Waals surface area contributed by atoms with Crippen molar-refractivity contribution in [2.75, 3.05) is 7.05 Å². The summed E-state index contributed by atoms with van der Waals surface area (Å²) in [5.41, 5.74) is 3.96. The lowest BCUT2D eigenvalue weighted by molar-refractivity contribution is 0.0376. The fraction of sp³-hybridized carbons (Fsp3) is 0.190. The third kappa shape index (κ3) is 3.80. The Hall–Kier alpha value is -2.50. The molecule has 1 atom stereocenters. The Morgan fingerprint density at radius 1 is 1.30 bits per heavy atom. The summed E-state index contributed by atoms with van der Waals surface area (Å²) in [6.07, 6.45) is -0.261. The molecule has 27 heavy (non-hydrogen) atoms. The van der Waals surface area contributed by atoms with Crippen molar-refractivity contribution in [2.45, 2.75) is 19.3 Å². The number of amides is 1. The Morgan fingerprint density at radius 3 is 2.85 bits per heavy atom. The van der Waals surface area contributed by atoms with Crippen LogP contribution in [0.2, 0.25) is 5.02 Å². The van der Waals surface area contributed by atoms with Crippen molar-refractivity contribution in [3.63, 3.8) is 0 Å². The highest BCUT2D eigenvalue weighted by Crippen LogP contribution is 2.42. The van der Waals surface area contributed by atoms with E-state index in [1.54, 1.807) is 18.4 Å². The van der Waals surface area contributed by atoms with Crippen molar-refractivity contribution in [1.29, 1.82) is 0 Å². The van der Waals surface area contributed by atoms with Gasteiger partial charge in [-0.15, -0.1) is 0 Å². The Balaban J connectivity index is 1.47. The zero-order valence-corrected chi connectivity index (χ0v) is 16.3. The molecule has 4 nitrogen and oxygen atoms in total. The minimum absolute atomic E-state index is 0.232. The molecule has 0 fully saturated rings. The first kappa shape index (κ1) is 17.9. The predicted molar refractivity (Wildman–Crippen MR) is 107 cm³/mol. The minimum Gasteiger partial charge on any atom is -0.469 e. The zero-order valence-electron chi connectivity index (χ0n) is 14.7. The van der Waals surface area contributed by atoms with E-state index in [9.17, 15) is 4.79 Å². The van der Waals surface area contributed by atoms with Crippen LogP contribution in [0.5, 0.6) is 5.75 Å². The van der Waals surface area contributed by atoms with Crippen LogP contribution < -0.4 is 4.74 Å². The van der Waals surface area contributed by atoms with Gasteiger partial charge in [0.05, 0.1) is 0 Å². The van der Waals surface area contributed by atoms with Gasteiger partial charge in [0.25, 0.3) is 0 Å². The molecule has 1 amide bonds. The summed E-state index contributed by atoms with van der Waals surface area (Å²) in [7, 11) is 1.69. The summed E-state index contributed by atoms with van der Waals surface area (Å²) in [6.45, 7) is 0.232. The van der Waals surface area contributed by atoms with Gasteiger partial charge in [0, 0.05) is 29.6 Å². The van der Waals surface area contributed by atoms with Gasteiger partial charge in [-0.05, 0) is 40.1 Å². The number of likely N-dealkylation sites (N-methyl/N-ethyl adjacent to an activating group) is 1. The number of hydrogen-bond acceptors (Lipinski definition) is 4. The molecule has 0 saturated carbocycles. The number of benzene rings is 2. The summed E-state index contributed by atoms with van der Waals surface area (Å²) in [5, 5.41) is 4.73. The number of hydrogen-bond donors (Lipinski definition) is 0. The molecule has 1 unspecified atom stereocenters. The van der Waals surface area contributed by atoms with Gasteiger partial charge < -0.3 is 9.47 Å². The van der Waals surface area contributed by atoms with Gasteiger partial charge >= 0.3 is 6.09 Å². The van der Waals surface area contributed by atoms with Crippen molar-refractivity contribution in [2.24, 2.45) is 0 Å². The normalized spacial score (nSPS) is 15.1. The SMILES string of the molecule is CN(C(=O)OCc1ccccc1)C1Cc2cc(Cl)cc(-c3ccsc3)c2O1. The second kappa shape index (κ2) is 7.62. The Labute approximate surface area is 166 Å². The van der Waals surface area contributed by atoms with E-state index in [2.05, 4.69) is 5.38 Å². The summed E-state index contributed by atoms with van der Waals surface area (Å²) < 4.78 is 11.5. The monoisotopic (exact) mass is 399 g/mol. The van der Waals surface area contributed by atoms with Gasteiger partial charge in [0.2, 0.25) is 0 Å². The van der Waals surface area contributed by atoms with Gasteiger partial charge in [0.15, 0.2) is 6.23 Å². The molecule has 0 N–H and O–H groups in total. The largest absolute Gasteiger partial charge is 0.469 e. The Bertz CT molecular complexity index is 944. The van der Waals surface area contributed by atoms with Crippen LogP contribution in [0.25, 0.3) is 11.1 Å². The maximum absolute atomic E-state index is 12.4. The molecule has 0 aliphatic carbocycles. The van der Waals surface area contributed by atoms with E-state index >= 15 is 0 Å². The van der Waals surface area contributed by atoms with E-state index in [0.717, 1.165) is 28.0 Å². The first-order chi connectivity index (χ1) is 13.1. The maximum Gasteiger partial charge on any atom is 0.412 e. The number of ether oxygens (including phenoxy) is 2. The summed E-state index contributed by atoms with van der Waals surface area (Å²) >= 11 is 7.91. The van der Waals surface area contributed by atoms with Crippen LogP contribution >= 0.6 is 22.9 Å². The summed E-state index contributed by atoms with van der Waals surface area (Å²) in [5.74, 6) is 0.783. The van der Waals surface area contributed by atoms with Gasteiger partial charge in [-0.2, -0.15) is 11.3 Å². The van der Waals surface area contributed by atoms with Gasteiger partial charge in [-0.25, -0.2) is 4.79 Å². The lowest BCUT2D eigenvalue weighted by Gasteiger charge is -2.23. The molecule has 0 saturated heterocycles. The van der Waals surface area contributed by atoms with Crippen molar-refractivity contribution in [1.82, 2.24) is 4.90 Å². The molecular formula is C21H18ClNO3S. The minimum atomic E-state index is -0.417. The molecule has 4 rings (SSSR count). The Kier molecular flexibility index (Phi) is 5.05. The topological polar surface area (TPSA) is 38.8 Å². The molecule has 6 heteroatoms. The van der Waals surface area contributed by atoms with Crippen LogP contribution in [0.3, 0.4) is 0 Å². The Morgan fingerprint density at radius 2 is 2.11 bits per heavy atom. The number of fused-ring (bicyclic) bond motifs is 1. The average Bonchev–Trinajstić information content (AvgIpc) is 3.35. The second-order valence-corrected chi connectivity index (χ2v) is 7.60. The highest BCUT2D eigenvalue weighted by Gasteiger charge is 2.32. The molecule has 1 aliphatic rings.